The molecule has 0 radical (unpaired) electrons. The van der Waals surface area contributed by atoms with E-state index in [0.29, 0.717) is 0 Å². The largest absolute Gasteiger partial charge is 0.468 e. The number of methoxy groups -OCH3 is 2. The van der Waals surface area contributed by atoms with Crippen molar-refractivity contribution in [2.75, 3.05) is 33.9 Å². The summed E-state index contributed by atoms with van der Waals surface area (Å²) in [5.41, 5.74) is 0. The Labute approximate surface area is 98.9 Å². The summed E-state index contributed by atoms with van der Waals surface area (Å²) in [6, 6.07) is 0. The van der Waals surface area contributed by atoms with Crippen molar-refractivity contribution in [2.45, 2.75) is 0 Å². The lowest BCUT2D eigenvalue weighted by Crippen LogP contribution is -2.40. The Morgan fingerprint density at radius 1 is 1.12 bits per heavy atom. The maximum absolute atomic E-state index is 11.4. The van der Waals surface area contributed by atoms with Crippen LogP contribution in [0.5, 0.6) is 0 Å². The first kappa shape index (κ1) is 14.9. The van der Waals surface area contributed by atoms with Crippen molar-refractivity contribution in [1.29, 1.82) is 0 Å². The fourth-order valence-corrected chi connectivity index (χ4v) is 0.847. The smallest absolute Gasteiger partial charge is 0.411 e. The first-order valence-electron chi connectivity index (χ1n) is 4.71. The third-order valence-corrected chi connectivity index (χ3v) is 1.68. The summed E-state index contributed by atoms with van der Waals surface area (Å²) in [7, 11) is 2.35. The fourth-order valence-electron chi connectivity index (χ4n) is 0.847. The topological polar surface area (TPSA) is 82.1 Å². The van der Waals surface area contributed by atoms with Gasteiger partial charge in [0.25, 0.3) is 0 Å². The summed E-state index contributed by atoms with van der Waals surface area (Å²) in [6.45, 7) is 2.58. The van der Waals surface area contributed by atoms with Gasteiger partial charge in [0, 0.05) is 0 Å². The summed E-state index contributed by atoms with van der Waals surface area (Å²) in [5, 5.41) is 0. The van der Waals surface area contributed by atoms with Crippen LogP contribution < -0.4 is 0 Å². The molecule has 0 heterocycles. The number of hydrogen-bond acceptors (Lipinski definition) is 6. The van der Waals surface area contributed by atoms with E-state index in [1.165, 1.54) is 20.3 Å². The standard InChI is InChI=1S/C10H15NO6/c1-4-5-17-10(14)11(6-8(12)15-2)7-9(13)16-3/h4H,1,5-7H2,2-3H3. The van der Waals surface area contributed by atoms with Gasteiger partial charge < -0.3 is 14.2 Å². The van der Waals surface area contributed by atoms with Gasteiger partial charge in [-0.05, 0) is 0 Å². The Bertz CT molecular complexity index is 283. The third kappa shape index (κ3) is 6.18. The van der Waals surface area contributed by atoms with Gasteiger partial charge in [-0.15, -0.1) is 0 Å². The van der Waals surface area contributed by atoms with Crippen molar-refractivity contribution < 1.29 is 28.6 Å². The molecule has 1 amide bonds. The lowest BCUT2D eigenvalue weighted by atomic mass is 10.5. The molecule has 0 saturated carbocycles. The second-order valence-corrected chi connectivity index (χ2v) is 2.87. The van der Waals surface area contributed by atoms with Gasteiger partial charge in [0.2, 0.25) is 0 Å². The fraction of sp³-hybridized carbons (Fsp3) is 0.500. The first-order chi connectivity index (χ1) is 8.04. The van der Waals surface area contributed by atoms with Gasteiger partial charge in [-0.25, -0.2) is 4.79 Å². The lowest BCUT2D eigenvalue weighted by molar-refractivity contribution is -0.144. The molecule has 0 aromatic rings. The number of amides is 1. The van der Waals surface area contributed by atoms with E-state index in [4.69, 9.17) is 4.74 Å². The van der Waals surface area contributed by atoms with E-state index in [9.17, 15) is 14.4 Å². The van der Waals surface area contributed by atoms with Crippen LogP contribution in [-0.2, 0) is 23.8 Å². The number of hydrogen-bond donors (Lipinski definition) is 0. The van der Waals surface area contributed by atoms with Crippen LogP contribution in [0.4, 0.5) is 4.79 Å². The molecule has 0 fully saturated rings. The summed E-state index contributed by atoms with van der Waals surface area (Å²) in [6.07, 6.45) is 0.549. The minimum atomic E-state index is -0.819. The number of esters is 2. The van der Waals surface area contributed by atoms with Gasteiger partial charge >= 0.3 is 18.0 Å². The van der Waals surface area contributed by atoms with E-state index in [1.807, 2.05) is 0 Å². The Morgan fingerprint density at radius 3 is 1.94 bits per heavy atom. The Morgan fingerprint density at radius 2 is 1.59 bits per heavy atom. The molecule has 17 heavy (non-hydrogen) atoms. The zero-order valence-corrected chi connectivity index (χ0v) is 9.80. The highest BCUT2D eigenvalue weighted by Crippen LogP contribution is 1.96. The Hall–Kier alpha value is -2.05. The van der Waals surface area contributed by atoms with Gasteiger partial charge in [-0.1, -0.05) is 12.7 Å². The van der Waals surface area contributed by atoms with E-state index < -0.39 is 18.0 Å². The number of carbonyl (C=O) groups excluding carboxylic acids is 3. The van der Waals surface area contributed by atoms with Crippen LogP contribution in [0.25, 0.3) is 0 Å². The highest BCUT2D eigenvalue weighted by atomic mass is 16.6. The molecular weight excluding hydrogens is 230 g/mol. The Balaban J connectivity index is 4.47. The minimum Gasteiger partial charge on any atom is -0.468 e. The van der Waals surface area contributed by atoms with Crippen molar-refractivity contribution >= 4 is 18.0 Å². The van der Waals surface area contributed by atoms with E-state index >= 15 is 0 Å². The zero-order valence-electron chi connectivity index (χ0n) is 9.80. The van der Waals surface area contributed by atoms with Crippen LogP contribution >= 0.6 is 0 Å². The number of rotatable bonds is 6. The van der Waals surface area contributed by atoms with Gasteiger partial charge in [-0.2, -0.15) is 0 Å². The molecule has 0 aliphatic heterocycles. The van der Waals surface area contributed by atoms with E-state index in [1.54, 1.807) is 0 Å². The Kier molecular flexibility index (Phi) is 7.16. The van der Waals surface area contributed by atoms with E-state index in [0.717, 1.165) is 4.90 Å². The van der Waals surface area contributed by atoms with E-state index in [2.05, 4.69) is 16.1 Å². The average Bonchev–Trinajstić information content (AvgIpc) is 2.34. The highest BCUT2D eigenvalue weighted by molar-refractivity contribution is 5.82. The number of nitrogens with zero attached hydrogens (tertiary/aromatic N) is 1. The average molecular weight is 245 g/mol. The monoisotopic (exact) mass is 245 g/mol. The molecule has 0 bridgehead atoms. The van der Waals surface area contributed by atoms with Gasteiger partial charge in [0.15, 0.2) is 0 Å². The molecule has 0 aromatic heterocycles. The van der Waals surface area contributed by atoms with E-state index in [-0.39, 0.29) is 19.7 Å². The summed E-state index contributed by atoms with van der Waals surface area (Å²) < 4.78 is 13.5. The van der Waals surface area contributed by atoms with Crippen LogP contribution in [-0.4, -0.2) is 56.8 Å². The zero-order chi connectivity index (χ0) is 13.3. The molecule has 0 aliphatic rings. The maximum Gasteiger partial charge on any atom is 0.411 e. The molecular formula is C10H15NO6. The second kappa shape index (κ2) is 8.14. The molecule has 0 rings (SSSR count). The van der Waals surface area contributed by atoms with Crippen LogP contribution in [0.15, 0.2) is 12.7 Å². The van der Waals surface area contributed by atoms with Crippen molar-refractivity contribution in [1.82, 2.24) is 4.90 Å². The van der Waals surface area contributed by atoms with Gasteiger partial charge in [0.1, 0.15) is 19.7 Å². The van der Waals surface area contributed by atoms with Crippen LogP contribution in [0, 0.1) is 0 Å². The normalized spacial score (nSPS) is 9.06. The highest BCUT2D eigenvalue weighted by Gasteiger charge is 2.21. The molecule has 0 spiro atoms. The molecule has 0 atom stereocenters. The molecule has 7 nitrogen and oxygen atoms in total. The second-order valence-electron chi connectivity index (χ2n) is 2.87. The first-order valence-corrected chi connectivity index (χ1v) is 4.71. The predicted molar refractivity (Wildman–Crippen MR) is 57.2 cm³/mol. The summed E-state index contributed by atoms with van der Waals surface area (Å²) >= 11 is 0. The molecule has 96 valence electrons. The number of ether oxygens (including phenoxy) is 3. The summed E-state index contributed by atoms with van der Waals surface area (Å²) in [4.78, 5) is 34.4. The predicted octanol–water partition coefficient (Wildman–Crippen LogP) is -0.0430. The van der Waals surface area contributed by atoms with Crippen LogP contribution in [0.3, 0.4) is 0 Å². The SMILES string of the molecule is C=CCOC(=O)N(CC(=O)OC)CC(=O)OC. The molecule has 7 heteroatoms. The molecule has 0 aromatic carbocycles. The molecule has 0 saturated heterocycles. The molecule has 0 unspecified atom stereocenters. The van der Waals surface area contributed by atoms with Crippen LogP contribution in [0.1, 0.15) is 0 Å². The lowest BCUT2D eigenvalue weighted by Gasteiger charge is -2.18. The van der Waals surface area contributed by atoms with Gasteiger partial charge in [0.05, 0.1) is 14.2 Å². The maximum atomic E-state index is 11.4. The van der Waals surface area contributed by atoms with Gasteiger partial charge in [-0.3, -0.25) is 14.5 Å². The van der Waals surface area contributed by atoms with Crippen molar-refractivity contribution in [3.05, 3.63) is 12.7 Å². The van der Waals surface area contributed by atoms with Crippen molar-refractivity contribution in [3.8, 4) is 0 Å². The summed E-state index contributed by atoms with van der Waals surface area (Å²) in [5.74, 6) is -1.33. The molecule has 0 N–H and O–H groups in total. The third-order valence-electron chi connectivity index (χ3n) is 1.68. The quantitative estimate of drug-likeness (QED) is 0.371. The minimum absolute atomic E-state index is 0.0162. The van der Waals surface area contributed by atoms with Crippen molar-refractivity contribution in [2.24, 2.45) is 0 Å². The van der Waals surface area contributed by atoms with Crippen molar-refractivity contribution in [3.63, 3.8) is 0 Å². The number of carbonyl (C=O) groups is 3. The van der Waals surface area contributed by atoms with Crippen LogP contribution in [0.2, 0.25) is 0 Å². The molecule has 0 aliphatic carbocycles.